The van der Waals surface area contributed by atoms with Crippen LogP contribution in [0.5, 0.6) is 0 Å². The number of rotatable bonds is 5. The van der Waals surface area contributed by atoms with Crippen molar-refractivity contribution < 1.29 is 9.21 Å². The number of nitrogens with zero attached hydrogens (tertiary/aromatic N) is 1. The first-order chi connectivity index (χ1) is 15.0. The fourth-order valence-electron chi connectivity index (χ4n) is 2.94. The minimum absolute atomic E-state index is 0.220. The number of hydrogen-bond donors (Lipinski definition) is 2. The number of carbonyl (C=O) groups is 1. The van der Waals surface area contributed by atoms with Crippen molar-refractivity contribution in [3.63, 3.8) is 0 Å². The average Bonchev–Trinajstić information content (AvgIpc) is 3.17. The summed E-state index contributed by atoms with van der Waals surface area (Å²) in [5.41, 5.74) is 4.32. The summed E-state index contributed by atoms with van der Waals surface area (Å²) in [7, 11) is 0. The first-order valence-electron chi connectivity index (χ1n) is 9.54. The Morgan fingerprint density at radius 1 is 1.03 bits per heavy atom. The van der Waals surface area contributed by atoms with Crippen molar-refractivity contribution in [1.29, 1.82) is 0 Å². The van der Waals surface area contributed by atoms with Gasteiger partial charge in [0, 0.05) is 23.2 Å². The maximum absolute atomic E-state index is 12.0. The fourth-order valence-corrected chi connectivity index (χ4v) is 3.28. The number of oxazole rings is 1. The van der Waals surface area contributed by atoms with Crippen molar-refractivity contribution in [2.75, 3.05) is 5.32 Å². The predicted octanol–water partition coefficient (Wildman–Crippen LogP) is 5.60. The highest BCUT2D eigenvalue weighted by Gasteiger charge is 2.07. The van der Waals surface area contributed by atoms with Gasteiger partial charge in [0.2, 0.25) is 5.91 Å². The van der Waals surface area contributed by atoms with Gasteiger partial charge in [-0.1, -0.05) is 48.0 Å². The largest absolute Gasteiger partial charge is 0.440 e. The molecule has 5 nitrogen and oxygen atoms in total. The molecule has 31 heavy (non-hydrogen) atoms. The van der Waals surface area contributed by atoms with E-state index in [0.717, 1.165) is 27.9 Å². The summed E-state index contributed by atoms with van der Waals surface area (Å²) in [5.74, 6) is 0.345. The number of para-hydroxylation sites is 2. The van der Waals surface area contributed by atoms with Gasteiger partial charge in [-0.05, 0) is 65.8 Å². The van der Waals surface area contributed by atoms with E-state index in [2.05, 4.69) is 15.6 Å². The number of anilines is 1. The molecule has 1 amide bonds. The highest BCUT2D eigenvalue weighted by Crippen LogP contribution is 2.18. The normalized spacial score (nSPS) is 11.0. The number of carbonyl (C=O) groups excluding carboxylic acids is 1. The third kappa shape index (κ3) is 5.78. The number of fused-ring (bicyclic) bond motifs is 1. The molecule has 0 spiro atoms. The standard InChI is InChI=1S/C24H18ClN3O2S/c25-18-10-5-16(6-11-18)9-14-22(29)28-24(31)26-19-12-7-17(8-13-19)15-23-27-20-3-1-2-4-21(20)30-23/h1-14H,15H2,(H2,26,28,29,31)/b14-9+. The molecule has 0 fully saturated rings. The summed E-state index contributed by atoms with van der Waals surface area (Å²) in [6.07, 6.45) is 3.70. The lowest BCUT2D eigenvalue weighted by atomic mass is 10.1. The molecule has 4 aromatic rings. The molecule has 0 aliphatic heterocycles. The number of hydrogen-bond acceptors (Lipinski definition) is 4. The molecule has 0 atom stereocenters. The van der Waals surface area contributed by atoms with Crippen LogP contribution in [-0.4, -0.2) is 16.0 Å². The first-order valence-corrected chi connectivity index (χ1v) is 10.3. The molecule has 7 heteroatoms. The Bertz CT molecular complexity index is 1220. The van der Waals surface area contributed by atoms with Gasteiger partial charge in [-0.2, -0.15) is 0 Å². The first kappa shape index (κ1) is 20.8. The van der Waals surface area contributed by atoms with Crippen molar-refractivity contribution >= 4 is 57.7 Å². The van der Waals surface area contributed by atoms with E-state index < -0.39 is 0 Å². The molecule has 1 aromatic heterocycles. The lowest BCUT2D eigenvalue weighted by molar-refractivity contribution is -0.115. The van der Waals surface area contributed by atoms with Crippen molar-refractivity contribution in [1.82, 2.24) is 10.3 Å². The van der Waals surface area contributed by atoms with Crippen LogP contribution in [0.25, 0.3) is 17.2 Å². The van der Waals surface area contributed by atoms with E-state index in [0.29, 0.717) is 17.3 Å². The minimum atomic E-state index is -0.319. The second kappa shape index (κ2) is 9.55. The Labute approximate surface area is 189 Å². The number of aromatic nitrogens is 1. The lowest BCUT2D eigenvalue weighted by Gasteiger charge is -2.08. The third-order valence-corrected chi connectivity index (χ3v) is 4.90. The maximum Gasteiger partial charge on any atom is 0.250 e. The number of nitrogens with one attached hydrogen (secondary N) is 2. The van der Waals surface area contributed by atoms with Crippen LogP contribution in [0, 0.1) is 0 Å². The molecule has 0 bridgehead atoms. The summed E-state index contributed by atoms with van der Waals surface area (Å²) in [4.78, 5) is 16.5. The Hall–Kier alpha value is -3.48. The number of halogens is 1. The van der Waals surface area contributed by atoms with Crippen molar-refractivity contribution in [3.8, 4) is 0 Å². The van der Waals surface area contributed by atoms with Crippen LogP contribution < -0.4 is 10.6 Å². The molecule has 154 valence electrons. The summed E-state index contributed by atoms with van der Waals surface area (Å²) < 4.78 is 5.76. The third-order valence-electron chi connectivity index (χ3n) is 4.44. The van der Waals surface area contributed by atoms with Gasteiger partial charge in [0.05, 0.1) is 0 Å². The van der Waals surface area contributed by atoms with Gasteiger partial charge in [-0.3, -0.25) is 10.1 Å². The van der Waals surface area contributed by atoms with Gasteiger partial charge in [0.1, 0.15) is 5.52 Å². The van der Waals surface area contributed by atoms with Gasteiger partial charge < -0.3 is 9.73 Å². The summed E-state index contributed by atoms with van der Waals surface area (Å²) in [5, 5.41) is 6.49. The van der Waals surface area contributed by atoms with E-state index >= 15 is 0 Å². The lowest BCUT2D eigenvalue weighted by Crippen LogP contribution is -2.32. The van der Waals surface area contributed by atoms with Crippen LogP contribution in [0.15, 0.2) is 83.3 Å². The smallest absolute Gasteiger partial charge is 0.250 e. The number of thiocarbonyl (C=S) groups is 1. The Morgan fingerprint density at radius 2 is 1.77 bits per heavy atom. The topological polar surface area (TPSA) is 67.2 Å². The average molecular weight is 448 g/mol. The Kier molecular flexibility index (Phi) is 6.40. The zero-order valence-electron chi connectivity index (χ0n) is 16.3. The van der Waals surface area contributed by atoms with Crippen LogP contribution in [0.1, 0.15) is 17.0 Å². The molecule has 1 heterocycles. The van der Waals surface area contributed by atoms with Gasteiger partial charge in [0.15, 0.2) is 16.6 Å². The van der Waals surface area contributed by atoms with Crippen molar-refractivity contribution in [3.05, 3.63) is 101 Å². The summed E-state index contributed by atoms with van der Waals surface area (Å²) in [6, 6.07) is 22.6. The van der Waals surface area contributed by atoms with Gasteiger partial charge in [-0.15, -0.1) is 0 Å². The van der Waals surface area contributed by atoms with Gasteiger partial charge in [-0.25, -0.2) is 4.98 Å². The van der Waals surface area contributed by atoms with Crippen LogP contribution >= 0.6 is 23.8 Å². The summed E-state index contributed by atoms with van der Waals surface area (Å²) >= 11 is 11.1. The van der Waals surface area contributed by atoms with Crippen LogP contribution in [0.4, 0.5) is 5.69 Å². The second-order valence-corrected chi connectivity index (χ2v) is 7.62. The molecular formula is C24H18ClN3O2S. The number of amides is 1. The van der Waals surface area contributed by atoms with E-state index in [1.165, 1.54) is 6.08 Å². The SMILES string of the molecule is O=C(/C=C/c1ccc(Cl)cc1)NC(=S)Nc1ccc(Cc2nc3ccccc3o2)cc1. The van der Waals surface area contributed by atoms with Crippen LogP contribution in [0.2, 0.25) is 5.02 Å². The molecule has 0 aliphatic rings. The van der Waals surface area contributed by atoms with Crippen LogP contribution in [0.3, 0.4) is 0 Å². The summed E-state index contributed by atoms with van der Waals surface area (Å²) in [6.45, 7) is 0. The van der Waals surface area contributed by atoms with E-state index in [1.54, 1.807) is 18.2 Å². The molecule has 0 radical (unpaired) electrons. The van der Waals surface area contributed by atoms with Crippen molar-refractivity contribution in [2.45, 2.75) is 6.42 Å². The molecule has 3 aromatic carbocycles. The molecular weight excluding hydrogens is 430 g/mol. The zero-order valence-corrected chi connectivity index (χ0v) is 17.9. The Morgan fingerprint density at radius 3 is 2.52 bits per heavy atom. The fraction of sp³-hybridized carbons (Fsp3) is 0.0417. The maximum atomic E-state index is 12.0. The van der Waals surface area contributed by atoms with E-state index in [4.69, 9.17) is 28.2 Å². The van der Waals surface area contributed by atoms with Gasteiger partial charge in [0.25, 0.3) is 0 Å². The molecule has 0 aliphatic carbocycles. The highest BCUT2D eigenvalue weighted by molar-refractivity contribution is 7.80. The second-order valence-electron chi connectivity index (χ2n) is 6.78. The van der Waals surface area contributed by atoms with E-state index in [9.17, 15) is 4.79 Å². The molecule has 2 N–H and O–H groups in total. The van der Waals surface area contributed by atoms with E-state index in [-0.39, 0.29) is 11.0 Å². The molecule has 0 unspecified atom stereocenters. The zero-order chi connectivity index (χ0) is 21.6. The monoisotopic (exact) mass is 447 g/mol. The quantitative estimate of drug-likeness (QED) is 0.308. The molecule has 0 saturated carbocycles. The Balaban J connectivity index is 1.30. The highest BCUT2D eigenvalue weighted by atomic mass is 35.5. The number of benzene rings is 3. The van der Waals surface area contributed by atoms with Gasteiger partial charge >= 0.3 is 0 Å². The van der Waals surface area contributed by atoms with Crippen molar-refractivity contribution in [2.24, 2.45) is 0 Å². The minimum Gasteiger partial charge on any atom is -0.440 e. The predicted molar refractivity (Wildman–Crippen MR) is 128 cm³/mol. The van der Waals surface area contributed by atoms with E-state index in [1.807, 2.05) is 60.7 Å². The molecule has 0 saturated heterocycles. The molecule has 4 rings (SSSR count). The van der Waals surface area contributed by atoms with Crippen LogP contribution in [-0.2, 0) is 11.2 Å².